The predicted molar refractivity (Wildman–Crippen MR) is 125 cm³/mol. The molecule has 1 N–H and O–H groups in total. The van der Waals surface area contributed by atoms with Crippen LogP contribution in [0.25, 0.3) is 10.8 Å². The van der Waals surface area contributed by atoms with E-state index in [9.17, 15) is 4.79 Å². The lowest BCUT2D eigenvalue weighted by atomic mass is 9.97. The van der Waals surface area contributed by atoms with Crippen molar-refractivity contribution in [2.45, 2.75) is 25.7 Å². The van der Waals surface area contributed by atoms with Crippen LogP contribution in [0.2, 0.25) is 0 Å². The van der Waals surface area contributed by atoms with Gasteiger partial charge in [-0.05, 0) is 83.0 Å². The maximum Gasteiger partial charge on any atom is 0.335 e. The maximum atomic E-state index is 11.0. The Morgan fingerprint density at radius 2 is 1.26 bits per heavy atom. The molecule has 0 saturated heterocycles. The Balaban J connectivity index is 1.44. The fourth-order valence-corrected chi connectivity index (χ4v) is 3.92. The molecule has 156 valence electrons. The molecule has 0 heterocycles. The molecule has 0 spiro atoms. The first-order valence-electron chi connectivity index (χ1n) is 10.6. The number of carboxylic acids is 1. The van der Waals surface area contributed by atoms with Gasteiger partial charge in [-0.15, -0.1) is 0 Å². The summed E-state index contributed by atoms with van der Waals surface area (Å²) in [7, 11) is 1.71. The zero-order valence-electron chi connectivity index (χ0n) is 17.7. The summed E-state index contributed by atoms with van der Waals surface area (Å²) in [6.45, 7) is 0. The van der Waals surface area contributed by atoms with E-state index in [0.29, 0.717) is 5.56 Å². The number of fused-ring (bicyclic) bond motifs is 1. The van der Waals surface area contributed by atoms with Gasteiger partial charge in [0.1, 0.15) is 5.75 Å². The van der Waals surface area contributed by atoms with Crippen LogP contribution in [0.5, 0.6) is 5.75 Å². The van der Waals surface area contributed by atoms with Gasteiger partial charge in [0.2, 0.25) is 0 Å². The van der Waals surface area contributed by atoms with Crippen molar-refractivity contribution in [3.05, 3.63) is 113 Å². The molecular weight excluding hydrogens is 384 g/mol. The molecular formula is C28H26O3. The van der Waals surface area contributed by atoms with Gasteiger partial charge in [-0.2, -0.15) is 0 Å². The lowest BCUT2D eigenvalue weighted by Gasteiger charge is -2.10. The lowest BCUT2D eigenvalue weighted by Crippen LogP contribution is -1.99. The van der Waals surface area contributed by atoms with Crippen LogP contribution in [0.3, 0.4) is 0 Å². The molecule has 3 heteroatoms. The van der Waals surface area contributed by atoms with Crippen LogP contribution in [-0.2, 0) is 25.7 Å². The quantitative estimate of drug-likeness (QED) is 0.381. The van der Waals surface area contributed by atoms with Crippen LogP contribution in [0.4, 0.5) is 0 Å². The van der Waals surface area contributed by atoms with E-state index in [1.165, 1.54) is 27.5 Å². The number of aromatic carboxylic acids is 1. The van der Waals surface area contributed by atoms with E-state index in [0.717, 1.165) is 37.0 Å². The zero-order valence-corrected chi connectivity index (χ0v) is 17.7. The van der Waals surface area contributed by atoms with E-state index in [-0.39, 0.29) is 0 Å². The standard InChI is InChI=1S/C28H26O3/c1-31-27-18-22(8-6-20-10-14-25(15-11-20)28(29)30)16-23(19-27)9-7-21-12-13-24-4-2-3-5-26(24)17-21/h2-5,10-19H,6-9H2,1H3,(H,29,30). The Bertz CT molecular complexity index is 1190. The molecule has 0 radical (unpaired) electrons. The molecule has 0 saturated carbocycles. The number of carbonyl (C=O) groups is 1. The molecule has 0 aliphatic carbocycles. The Morgan fingerprint density at radius 3 is 1.90 bits per heavy atom. The van der Waals surface area contributed by atoms with Crippen molar-refractivity contribution in [1.82, 2.24) is 0 Å². The molecule has 4 rings (SSSR count). The fraction of sp³-hybridized carbons (Fsp3) is 0.179. The highest BCUT2D eigenvalue weighted by Crippen LogP contribution is 2.22. The number of methoxy groups -OCH3 is 1. The fourth-order valence-electron chi connectivity index (χ4n) is 3.92. The smallest absolute Gasteiger partial charge is 0.335 e. The molecule has 4 aromatic carbocycles. The van der Waals surface area contributed by atoms with Crippen LogP contribution in [-0.4, -0.2) is 18.2 Å². The number of ether oxygens (including phenoxy) is 1. The number of carboxylic acid groups (broad SMARTS) is 1. The molecule has 0 bridgehead atoms. The molecule has 3 nitrogen and oxygen atoms in total. The SMILES string of the molecule is COc1cc(CCc2ccc(C(=O)O)cc2)cc(CCc2ccc3ccccc3c2)c1. The monoisotopic (exact) mass is 410 g/mol. The Hall–Kier alpha value is -3.59. The summed E-state index contributed by atoms with van der Waals surface area (Å²) < 4.78 is 5.53. The largest absolute Gasteiger partial charge is 0.497 e. The van der Waals surface area contributed by atoms with Crippen molar-refractivity contribution in [2.24, 2.45) is 0 Å². The highest BCUT2D eigenvalue weighted by atomic mass is 16.5. The Morgan fingerprint density at radius 1 is 0.677 bits per heavy atom. The van der Waals surface area contributed by atoms with Crippen molar-refractivity contribution in [1.29, 1.82) is 0 Å². The highest BCUT2D eigenvalue weighted by Gasteiger charge is 2.06. The van der Waals surface area contributed by atoms with Gasteiger partial charge in [-0.25, -0.2) is 4.79 Å². The van der Waals surface area contributed by atoms with Gasteiger partial charge in [-0.3, -0.25) is 0 Å². The summed E-state index contributed by atoms with van der Waals surface area (Å²) in [6, 6.07) is 28.7. The lowest BCUT2D eigenvalue weighted by molar-refractivity contribution is 0.0697. The van der Waals surface area contributed by atoms with Gasteiger partial charge >= 0.3 is 5.97 Å². The normalized spacial score (nSPS) is 10.9. The van der Waals surface area contributed by atoms with Crippen molar-refractivity contribution in [3.63, 3.8) is 0 Å². The minimum absolute atomic E-state index is 0.320. The zero-order chi connectivity index (χ0) is 21.6. The van der Waals surface area contributed by atoms with Crippen molar-refractivity contribution in [2.75, 3.05) is 7.11 Å². The van der Waals surface area contributed by atoms with Crippen molar-refractivity contribution in [3.8, 4) is 5.75 Å². The number of hydrogen-bond acceptors (Lipinski definition) is 2. The van der Waals surface area contributed by atoms with Crippen molar-refractivity contribution >= 4 is 16.7 Å². The van der Waals surface area contributed by atoms with E-state index < -0.39 is 5.97 Å². The average molecular weight is 411 g/mol. The summed E-state index contributed by atoms with van der Waals surface area (Å²) >= 11 is 0. The van der Waals surface area contributed by atoms with Crippen LogP contribution in [0.1, 0.15) is 32.6 Å². The van der Waals surface area contributed by atoms with Crippen LogP contribution < -0.4 is 4.74 Å². The van der Waals surface area contributed by atoms with Crippen molar-refractivity contribution < 1.29 is 14.6 Å². The molecule has 0 aliphatic rings. The summed E-state index contributed by atoms with van der Waals surface area (Å²) in [5, 5.41) is 11.6. The molecule has 4 aromatic rings. The van der Waals surface area contributed by atoms with Gasteiger partial charge < -0.3 is 9.84 Å². The number of aryl methyl sites for hydroxylation is 4. The van der Waals surface area contributed by atoms with E-state index >= 15 is 0 Å². The molecule has 31 heavy (non-hydrogen) atoms. The number of rotatable bonds is 8. The minimum atomic E-state index is -0.893. The average Bonchev–Trinajstić information content (AvgIpc) is 2.81. The third-order valence-corrected chi connectivity index (χ3v) is 5.68. The maximum absolute atomic E-state index is 11.0. The summed E-state index contributed by atoms with van der Waals surface area (Å²) in [4.78, 5) is 11.0. The number of hydrogen-bond donors (Lipinski definition) is 1. The second-order valence-corrected chi connectivity index (χ2v) is 7.87. The Kier molecular flexibility index (Phi) is 6.32. The Labute approximate surface area is 182 Å². The minimum Gasteiger partial charge on any atom is -0.497 e. The molecule has 0 unspecified atom stereocenters. The van der Waals surface area contributed by atoms with E-state index in [1.54, 1.807) is 19.2 Å². The number of benzene rings is 4. The van der Waals surface area contributed by atoms with Gasteiger partial charge in [0.15, 0.2) is 0 Å². The van der Waals surface area contributed by atoms with Crippen LogP contribution in [0, 0.1) is 0 Å². The summed E-state index contributed by atoms with van der Waals surface area (Å²) in [5.41, 5.74) is 5.28. The second-order valence-electron chi connectivity index (χ2n) is 7.87. The van der Waals surface area contributed by atoms with E-state index in [2.05, 4.69) is 60.7 Å². The van der Waals surface area contributed by atoms with Crippen LogP contribution in [0.15, 0.2) is 84.9 Å². The first kappa shape index (κ1) is 20.7. The third-order valence-electron chi connectivity index (χ3n) is 5.68. The first-order chi connectivity index (χ1) is 15.1. The molecule has 0 aliphatic heterocycles. The van der Waals surface area contributed by atoms with Gasteiger partial charge in [0, 0.05) is 0 Å². The topological polar surface area (TPSA) is 46.5 Å². The molecule has 0 amide bonds. The summed E-state index contributed by atoms with van der Waals surface area (Å²) in [6.07, 6.45) is 3.67. The van der Waals surface area contributed by atoms with E-state index in [4.69, 9.17) is 9.84 Å². The van der Waals surface area contributed by atoms with Crippen LogP contribution >= 0.6 is 0 Å². The van der Waals surface area contributed by atoms with E-state index in [1.807, 2.05) is 12.1 Å². The van der Waals surface area contributed by atoms with Gasteiger partial charge in [0.05, 0.1) is 12.7 Å². The molecule has 0 atom stereocenters. The molecule has 0 aromatic heterocycles. The van der Waals surface area contributed by atoms with Gasteiger partial charge in [0.25, 0.3) is 0 Å². The predicted octanol–water partition coefficient (Wildman–Crippen LogP) is 6.12. The first-order valence-corrected chi connectivity index (χ1v) is 10.6. The second kappa shape index (κ2) is 9.48. The van der Waals surface area contributed by atoms with Gasteiger partial charge in [-0.1, -0.05) is 60.7 Å². The summed E-state index contributed by atoms with van der Waals surface area (Å²) in [5.74, 6) is -0.0114. The highest BCUT2D eigenvalue weighted by molar-refractivity contribution is 5.87. The molecule has 0 fully saturated rings. The third kappa shape index (κ3) is 5.32.